The number of aromatic nitrogens is 1. The number of nitrogens with zero attached hydrogens (tertiary/aromatic N) is 2. The molecule has 106 valence electrons. The molecule has 0 saturated heterocycles. The fraction of sp³-hybridized carbons (Fsp3) is 0.800. The van der Waals surface area contributed by atoms with Crippen molar-refractivity contribution in [3.63, 3.8) is 0 Å². The highest BCUT2D eigenvalue weighted by Crippen LogP contribution is 2.45. The molecule has 0 unspecified atom stereocenters. The van der Waals surface area contributed by atoms with Crippen LogP contribution in [0.3, 0.4) is 0 Å². The SMILES string of the molecule is CC(C)CCN(c1nc(C2CC2)c(CO)s1)C1CC1. The van der Waals surface area contributed by atoms with Crippen LogP contribution in [0.25, 0.3) is 0 Å². The Labute approximate surface area is 119 Å². The molecule has 2 aliphatic carbocycles. The summed E-state index contributed by atoms with van der Waals surface area (Å²) in [5.41, 5.74) is 1.19. The van der Waals surface area contributed by atoms with E-state index in [4.69, 9.17) is 4.98 Å². The first-order valence-electron chi connectivity index (χ1n) is 7.56. The zero-order valence-corrected chi connectivity index (χ0v) is 12.7. The van der Waals surface area contributed by atoms with E-state index in [-0.39, 0.29) is 6.61 Å². The highest BCUT2D eigenvalue weighted by molar-refractivity contribution is 7.15. The van der Waals surface area contributed by atoms with Crippen LogP contribution in [0.15, 0.2) is 0 Å². The topological polar surface area (TPSA) is 36.4 Å². The fourth-order valence-corrected chi connectivity index (χ4v) is 3.58. The van der Waals surface area contributed by atoms with E-state index < -0.39 is 0 Å². The van der Waals surface area contributed by atoms with Gasteiger partial charge in [-0.2, -0.15) is 0 Å². The molecule has 2 aliphatic rings. The Morgan fingerprint density at radius 2 is 2.05 bits per heavy atom. The molecular formula is C15H24N2OS. The second kappa shape index (κ2) is 5.41. The molecular weight excluding hydrogens is 256 g/mol. The number of hydrogen-bond donors (Lipinski definition) is 1. The summed E-state index contributed by atoms with van der Waals surface area (Å²) in [6.45, 7) is 5.83. The Morgan fingerprint density at radius 3 is 2.58 bits per heavy atom. The molecule has 19 heavy (non-hydrogen) atoms. The van der Waals surface area contributed by atoms with Gasteiger partial charge in [-0.3, -0.25) is 0 Å². The lowest BCUT2D eigenvalue weighted by Gasteiger charge is -2.22. The summed E-state index contributed by atoms with van der Waals surface area (Å²) in [5.74, 6) is 1.37. The number of anilines is 1. The molecule has 0 bridgehead atoms. The predicted molar refractivity (Wildman–Crippen MR) is 79.8 cm³/mol. The van der Waals surface area contributed by atoms with E-state index >= 15 is 0 Å². The summed E-state index contributed by atoms with van der Waals surface area (Å²) in [6.07, 6.45) is 6.36. The minimum atomic E-state index is 0.159. The first kappa shape index (κ1) is 13.4. The minimum absolute atomic E-state index is 0.159. The average molecular weight is 280 g/mol. The lowest BCUT2D eigenvalue weighted by molar-refractivity contribution is 0.284. The molecule has 3 nitrogen and oxygen atoms in total. The zero-order chi connectivity index (χ0) is 13.4. The lowest BCUT2D eigenvalue weighted by atomic mass is 10.1. The largest absolute Gasteiger partial charge is 0.391 e. The molecule has 0 atom stereocenters. The standard InChI is InChI=1S/C15H24N2OS/c1-10(2)7-8-17(12-5-6-12)15-16-14(11-3-4-11)13(9-18)19-15/h10-12,18H,3-9H2,1-2H3. The van der Waals surface area contributed by atoms with Crippen molar-refractivity contribution in [2.75, 3.05) is 11.4 Å². The lowest BCUT2D eigenvalue weighted by Crippen LogP contribution is -2.27. The molecule has 0 aliphatic heterocycles. The summed E-state index contributed by atoms with van der Waals surface area (Å²) in [7, 11) is 0. The molecule has 2 fully saturated rings. The summed E-state index contributed by atoms with van der Waals surface area (Å²) in [5, 5.41) is 10.7. The minimum Gasteiger partial charge on any atom is -0.391 e. The van der Waals surface area contributed by atoms with Gasteiger partial charge in [-0.05, 0) is 38.0 Å². The number of hydrogen-bond acceptors (Lipinski definition) is 4. The van der Waals surface area contributed by atoms with Crippen molar-refractivity contribution in [2.24, 2.45) is 5.92 Å². The van der Waals surface area contributed by atoms with E-state index in [0.29, 0.717) is 12.0 Å². The van der Waals surface area contributed by atoms with E-state index in [2.05, 4.69) is 18.7 Å². The Balaban J connectivity index is 1.77. The highest BCUT2D eigenvalue weighted by Gasteiger charge is 2.34. The van der Waals surface area contributed by atoms with E-state index in [9.17, 15) is 5.11 Å². The molecule has 1 aromatic heterocycles. The number of aliphatic hydroxyl groups is 1. The first-order chi connectivity index (χ1) is 9.19. The molecule has 0 radical (unpaired) electrons. The third kappa shape index (κ3) is 3.11. The molecule has 1 aromatic rings. The van der Waals surface area contributed by atoms with Crippen molar-refractivity contribution in [1.82, 2.24) is 4.98 Å². The monoisotopic (exact) mass is 280 g/mol. The van der Waals surface area contributed by atoms with E-state index in [1.807, 2.05) is 0 Å². The van der Waals surface area contributed by atoms with Gasteiger partial charge >= 0.3 is 0 Å². The molecule has 0 amide bonds. The molecule has 0 spiro atoms. The van der Waals surface area contributed by atoms with Gasteiger partial charge in [-0.15, -0.1) is 0 Å². The van der Waals surface area contributed by atoms with Gasteiger partial charge in [0.2, 0.25) is 0 Å². The van der Waals surface area contributed by atoms with Crippen molar-refractivity contribution in [1.29, 1.82) is 0 Å². The molecule has 4 heteroatoms. The van der Waals surface area contributed by atoms with Gasteiger partial charge < -0.3 is 10.0 Å². The zero-order valence-electron chi connectivity index (χ0n) is 11.9. The van der Waals surface area contributed by atoms with Crippen LogP contribution in [0, 0.1) is 5.92 Å². The summed E-state index contributed by atoms with van der Waals surface area (Å²) in [4.78, 5) is 8.47. The van der Waals surface area contributed by atoms with Crippen LogP contribution in [0.5, 0.6) is 0 Å². The maximum Gasteiger partial charge on any atom is 0.186 e. The van der Waals surface area contributed by atoms with Crippen molar-refractivity contribution in [2.45, 2.75) is 64.5 Å². The van der Waals surface area contributed by atoms with Crippen molar-refractivity contribution in [3.8, 4) is 0 Å². The smallest absolute Gasteiger partial charge is 0.186 e. The summed E-state index contributed by atoms with van der Waals surface area (Å²) < 4.78 is 0. The van der Waals surface area contributed by atoms with Crippen molar-refractivity contribution < 1.29 is 5.11 Å². The number of thiazole rings is 1. The predicted octanol–water partition coefficient (Wildman–Crippen LogP) is 3.53. The Hall–Kier alpha value is -0.610. The maximum absolute atomic E-state index is 9.51. The highest BCUT2D eigenvalue weighted by atomic mass is 32.1. The quantitative estimate of drug-likeness (QED) is 0.830. The third-order valence-corrected chi connectivity index (χ3v) is 5.10. The van der Waals surface area contributed by atoms with Crippen LogP contribution in [-0.4, -0.2) is 22.7 Å². The summed E-state index contributed by atoms with van der Waals surface area (Å²) >= 11 is 1.72. The average Bonchev–Trinajstić information content (AvgIpc) is 3.27. The van der Waals surface area contributed by atoms with Crippen LogP contribution in [0.4, 0.5) is 5.13 Å². The molecule has 0 aromatic carbocycles. The van der Waals surface area contributed by atoms with E-state index in [1.165, 1.54) is 37.8 Å². The van der Waals surface area contributed by atoms with Gasteiger partial charge in [-0.1, -0.05) is 25.2 Å². The Bertz CT molecular complexity index is 435. The van der Waals surface area contributed by atoms with Gasteiger partial charge in [0.25, 0.3) is 0 Å². The normalized spacial score (nSPS) is 19.2. The van der Waals surface area contributed by atoms with Crippen LogP contribution >= 0.6 is 11.3 Å². The molecule has 1 heterocycles. The van der Waals surface area contributed by atoms with Crippen LogP contribution in [0.2, 0.25) is 0 Å². The number of rotatable bonds is 7. The van der Waals surface area contributed by atoms with Crippen molar-refractivity contribution in [3.05, 3.63) is 10.6 Å². The fourth-order valence-electron chi connectivity index (χ4n) is 2.48. The Morgan fingerprint density at radius 1 is 1.32 bits per heavy atom. The van der Waals surface area contributed by atoms with Gasteiger partial charge in [-0.25, -0.2) is 4.98 Å². The van der Waals surface area contributed by atoms with Gasteiger partial charge in [0.1, 0.15) is 0 Å². The first-order valence-corrected chi connectivity index (χ1v) is 8.37. The maximum atomic E-state index is 9.51. The van der Waals surface area contributed by atoms with Gasteiger partial charge in [0, 0.05) is 18.5 Å². The molecule has 3 rings (SSSR count). The van der Waals surface area contributed by atoms with E-state index in [0.717, 1.165) is 22.5 Å². The van der Waals surface area contributed by atoms with Crippen molar-refractivity contribution >= 4 is 16.5 Å². The van der Waals surface area contributed by atoms with Gasteiger partial charge in [0.15, 0.2) is 5.13 Å². The molecule has 2 saturated carbocycles. The van der Waals surface area contributed by atoms with Gasteiger partial charge in [0.05, 0.1) is 17.2 Å². The molecule has 1 N–H and O–H groups in total. The third-order valence-electron chi connectivity index (χ3n) is 4.00. The second-order valence-corrected chi connectivity index (χ2v) is 7.41. The van der Waals surface area contributed by atoms with Crippen LogP contribution < -0.4 is 4.90 Å². The second-order valence-electron chi connectivity index (χ2n) is 6.34. The summed E-state index contributed by atoms with van der Waals surface area (Å²) in [6, 6.07) is 0.712. The Kier molecular flexibility index (Phi) is 3.81. The van der Waals surface area contributed by atoms with Crippen LogP contribution in [0.1, 0.15) is 62.4 Å². The van der Waals surface area contributed by atoms with Crippen LogP contribution in [-0.2, 0) is 6.61 Å². The number of aliphatic hydroxyl groups excluding tert-OH is 1. The van der Waals surface area contributed by atoms with E-state index in [1.54, 1.807) is 11.3 Å².